The van der Waals surface area contributed by atoms with Crippen LogP contribution in [0.3, 0.4) is 0 Å². The van der Waals surface area contributed by atoms with E-state index in [1.807, 2.05) is 24.3 Å². The number of halogens is 1. The first kappa shape index (κ1) is 33.7. The molecule has 2 amide bonds. The zero-order chi connectivity index (χ0) is 30.6. The summed E-state index contributed by atoms with van der Waals surface area (Å²) in [6, 6.07) is 13.0. The molecule has 4 N–H and O–H groups in total. The van der Waals surface area contributed by atoms with Crippen LogP contribution in [-0.4, -0.2) is 86.3 Å². The summed E-state index contributed by atoms with van der Waals surface area (Å²) in [4.78, 5) is 42.6. The molecule has 10 nitrogen and oxygen atoms in total. The molecule has 2 aromatic rings. The Hall–Kier alpha value is -3.18. The number of aliphatic hydroxyl groups is 2. The summed E-state index contributed by atoms with van der Waals surface area (Å²) < 4.78 is 5.85. The van der Waals surface area contributed by atoms with Crippen molar-refractivity contribution >= 4 is 30.2 Å². The minimum Gasteiger partial charge on any atom is -0.478 e. The highest BCUT2D eigenvalue weighted by atomic mass is 35.5. The minimum absolute atomic E-state index is 0. The molecule has 0 unspecified atom stereocenters. The number of carboxylic acid groups (broad SMARTS) is 1. The number of ether oxygens (including phenoxy) is 1. The Balaban J connectivity index is 0.00000442. The molecule has 0 aromatic heterocycles. The van der Waals surface area contributed by atoms with Gasteiger partial charge in [-0.15, -0.1) is 12.4 Å². The van der Waals surface area contributed by atoms with Crippen LogP contribution in [-0.2, 0) is 16.1 Å². The number of amides is 2. The van der Waals surface area contributed by atoms with E-state index in [1.54, 1.807) is 24.0 Å². The topological polar surface area (TPSA) is 140 Å². The van der Waals surface area contributed by atoms with E-state index in [-0.39, 0.29) is 42.2 Å². The van der Waals surface area contributed by atoms with Crippen LogP contribution in [0.25, 0.3) is 0 Å². The normalized spacial score (nSPS) is 22.2. The summed E-state index contributed by atoms with van der Waals surface area (Å²) in [7, 11) is 0. The van der Waals surface area contributed by atoms with Crippen LogP contribution in [0.4, 0.5) is 0 Å². The number of nitrogens with zero attached hydrogens (tertiary/aromatic N) is 2. The molecule has 0 bridgehead atoms. The smallest absolute Gasteiger partial charge is 0.335 e. The van der Waals surface area contributed by atoms with Crippen LogP contribution in [0.1, 0.15) is 74.2 Å². The second kappa shape index (κ2) is 14.7. The zero-order valence-electron chi connectivity index (χ0n) is 25.2. The van der Waals surface area contributed by atoms with Crippen molar-refractivity contribution in [1.82, 2.24) is 15.1 Å². The number of hydrogen-bond acceptors (Lipinski definition) is 7. The summed E-state index contributed by atoms with van der Waals surface area (Å²) >= 11 is 0. The molecule has 2 saturated heterocycles. The van der Waals surface area contributed by atoms with Crippen LogP contribution in [0, 0.1) is 5.92 Å². The van der Waals surface area contributed by atoms with Crippen LogP contribution < -0.4 is 10.1 Å². The predicted molar refractivity (Wildman–Crippen MR) is 167 cm³/mol. The van der Waals surface area contributed by atoms with Gasteiger partial charge in [-0.2, -0.15) is 0 Å². The molecule has 1 saturated carbocycles. The number of carboxylic acids is 1. The van der Waals surface area contributed by atoms with Gasteiger partial charge in [-0.05, 0) is 86.9 Å². The molecule has 0 radical (unpaired) electrons. The van der Waals surface area contributed by atoms with E-state index < -0.39 is 29.8 Å². The number of nitrogens with one attached hydrogen (secondary N) is 1. The number of carbonyl (C=O) groups is 3. The molecular weight excluding hydrogens is 586 g/mol. The van der Waals surface area contributed by atoms with Crippen molar-refractivity contribution in [1.29, 1.82) is 0 Å². The van der Waals surface area contributed by atoms with E-state index >= 15 is 0 Å². The Kier molecular flexibility index (Phi) is 11.3. The van der Waals surface area contributed by atoms with Crippen molar-refractivity contribution in [2.75, 3.05) is 19.6 Å². The van der Waals surface area contributed by atoms with Gasteiger partial charge in [-0.1, -0.05) is 31.4 Å². The Morgan fingerprint density at radius 1 is 0.977 bits per heavy atom. The first-order valence-corrected chi connectivity index (χ1v) is 15.5. The fourth-order valence-corrected chi connectivity index (χ4v) is 6.76. The predicted octanol–water partition coefficient (Wildman–Crippen LogP) is 3.97. The number of aliphatic hydroxyl groups excluding tert-OH is 2. The van der Waals surface area contributed by atoms with Crippen LogP contribution in [0.15, 0.2) is 48.5 Å². The van der Waals surface area contributed by atoms with Crippen molar-refractivity contribution in [3.63, 3.8) is 0 Å². The maximum atomic E-state index is 13.8. The molecule has 3 fully saturated rings. The number of hydrogen-bond donors (Lipinski definition) is 4. The number of likely N-dealkylation sites (tertiary alicyclic amines) is 1. The molecule has 2 heterocycles. The van der Waals surface area contributed by atoms with Gasteiger partial charge < -0.3 is 30.3 Å². The van der Waals surface area contributed by atoms with Crippen molar-refractivity contribution < 1.29 is 34.4 Å². The zero-order valence-corrected chi connectivity index (χ0v) is 26.0. The number of carbonyl (C=O) groups excluding carboxylic acids is 2. The standard InChI is InChI=1S/C33H43N3O7.ClH/c1-22(37)15-18-36-30(39)28(29(38)24-5-3-2-4-6-24)34-32(42)33(36)16-19-35(20-17-33)21-23-7-11-26(12-8-23)43-27-13-9-25(10-14-27)31(40)41;/h7-14,22,24,28-29,37-38H,2-6,15-21H2,1H3,(H,34,42)(H,40,41);1H/t22-,28-,29-;/m1./s1. The largest absolute Gasteiger partial charge is 0.478 e. The molecule has 3 atom stereocenters. The lowest BCUT2D eigenvalue weighted by Crippen LogP contribution is -2.75. The number of piperazine rings is 1. The molecule has 2 aliphatic heterocycles. The lowest BCUT2D eigenvalue weighted by molar-refractivity contribution is -0.166. The molecule has 11 heteroatoms. The van der Waals surface area contributed by atoms with Gasteiger partial charge in [0.15, 0.2) is 0 Å². The van der Waals surface area contributed by atoms with Gasteiger partial charge >= 0.3 is 5.97 Å². The van der Waals surface area contributed by atoms with Crippen molar-refractivity contribution in [2.45, 2.75) is 88.6 Å². The minimum atomic E-state index is -0.987. The van der Waals surface area contributed by atoms with Gasteiger partial charge in [0.05, 0.1) is 17.8 Å². The van der Waals surface area contributed by atoms with Gasteiger partial charge in [0.1, 0.15) is 23.1 Å². The monoisotopic (exact) mass is 629 g/mol. The Labute approximate surface area is 264 Å². The molecule has 1 spiro atoms. The number of benzene rings is 2. The summed E-state index contributed by atoms with van der Waals surface area (Å²) in [5.41, 5.74) is 0.290. The summed E-state index contributed by atoms with van der Waals surface area (Å²) in [5, 5.41) is 33.2. The van der Waals surface area contributed by atoms with Crippen molar-refractivity contribution in [3.05, 3.63) is 59.7 Å². The number of rotatable bonds is 10. The summed E-state index contributed by atoms with van der Waals surface area (Å²) in [6.45, 7) is 3.88. The van der Waals surface area contributed by atoms with E-state index in [0.717, 1.165) is 37.7 Å². The molecule has 5 rings (SSSR count). The lowest BCUT2D eigenvalue weighted by atomic mass is 9.78. The summed E-state index contributed by atoms with van der Waals surface area (Å²) in [6.07, 6.45) is 4.73. The average Bonchev–Trinajstić information content (AvgIpc) is 3.01. The van der Waals surface area contributed by atoms with Crippen molar-refractivity contribution in [2.24, 2.45) is 5.92 Å². The van der Waals surface area contributed by atoms with Crippen LogP contribution in [0.2, 0.25) is 0 Å². The van der Waals surface area contributed by atoms with Crippen LogP contribution in [0.5, 0.6) is 11.5 Å². The van der Waals surface area contributed by atoms with Gasteiger partial charge in [-0.3, -0.25) is 14.5 Å². The first-order valence-electron chi connectivity index (χ1n) is 15.5. The fraction of sp³-hybridized carbons (Fsp3) is 0.545. The highest BCUT2D eigenvalue weighted by molar-refractivity contribution is 6.00. The van der Waals surface area contributed by atoms with Crippen molar-refractivity contribution in [3.8, 4) is 11.5 Å². The third-order valence-electron chi connectivity index (χ3n) is 9.35. The van der Waals surface area contributed by atoms with E-state index in [2.05, 4.69) is 10.2 Å². The summed E-state index contributed by atoms with van der Waals surface area (Å²) in [5.74, 6) is -0.226. The second-order valence-electron chi connectivity index (χ2n) is 12.4. The fourth-order valence-electron chi connectivity index (χ4n) is 6.76. The quantitative estimate of drug-likeness (QED) is 0.310. The Bertz CT molecular complexity index is 1270. The van der Waals surface area contributed by atoms with Gasteiger partial charge in [0.2, 0.25) is 11.8 Å². The molecular formula is C33H44ClN3O7. The third kappa shape index (κ3) is 7.54. The maximum absolute atomic E-state index is 13.8. The van der Waals surface area contributed by atoms with Gasteiger partial charge in [0.25, 0.3) is 0 Å². The molecule has 2 aromatic carbocycles. The molecule has 240 valence electrons. The highest BCUT2D eigenvalue weighted by Gasteiger charge is 2.55. The van der Waals surface area contributed by atoms with E-state index in [0.29, 0.717) is 50.4 Å². The Morgan fingerprint density at radius 2 is 1.57 bits per heavy atom. The van der Waals surface area contributed by atoms with Crippen LogP contribution >= 0.6 is 12.4 Å². The Morgan fingerprint density at radius 3 is 2.14 bits per heavy atom. The van der Waals surface area contributed by atoms with Gasteiger partial charge in [-0.25, -0.2) is 4.79 Å². The number of piperidine rings is 1. The maximum Gasteiger partial charge on any atom is 0.335 e. The molecule has 1 aliphatic carbocycles. The SMILES string of the molecule is C[C@@H](O)CCN1C(=O)[C@@H]([C@H](O)C2CCCCC2)NC(=O)C12CCN(Cc1ccc(Oc3ccc(C(=O)O)cc3)cc1)CC2.Cl. The third-order valence-corrected chi connectivity index (χ3v) is 9.35. The van der Waals surface area contributed by atoms with E-state index in [4.69, 9.17) is 9.84 Å². The second-order valence-corrected chi connectivity index (χ2v) is 12.4. The molecule has 44 heavy (non-hydrogen) atoms. The highest BCUT2D eigenvalue weighted by Crippen LogP contribution is 2.36. The van der Waals surface area contributed by atoms with Gasteiger partial charge in [0, 0.05) is 26.2 Å². The first-order chi connectivity index (χ1) is 20.7. The number of aromatic carboxylic acids is 1. The molecule has 3 aliphatic rings. The lowest BCUT2D eigenvalue weighted by Gasteiger charge is -2.52. The van der Waals surface area contributed by atoms with E-state index in [9.17, 15) is 24.6 Å². The average molecular weight is 630 g/mol. The van der Waals surface area contributed by atoms with E-state index in [1.165, 1.54) is 12.1 Å².